The Morgan fingerprint density at radius 1 is 1.20 bits per heavy atom. The number of non-ortho nitro benzene ring substituents is 1. The van der Waals surface area contributed by atoms with Crippen LogP contribution in [0.5, 0.6) is 5.75 Å². The van der Waals surface area contributed by atoms with Crippen LogP contribution >= 0.6 is 27.3 Å². The number of para-hydroxylation sites is 1. The molecular formula is C29H24BrN3O7S. The Kier molecular flexibility index (Phi) is 8.04. The SMILES string of the molecule is CCOC(=O)C1=C(C)N=c2s/c(=C\c3ccc(-c4ccc([N+](=O)[O-])cc4Br)o3)c(=O)n2[C@H]1c1ccccc1OCC. The fraction of sp³-hybridized carbons (Fsp3) is 0.207. The minimum absolute atomic E-state index is 0.0496. The monoisotopic (exact) mass is 637 g/mol. The van der Waals surface area contributed by atoms with E-state index in [4.69, 9.17) is 13.9 Å². The Balaban J connectivity index is 1.63. The largest absolute Gasteiger partial charge is 0.494 e. The zero-order valence-electron chi connectivity index (χ0n) is 22.3. The average molecular weight is 638 g/mol. The van der Waals surface area contributed by atoms with Crippen LogP contribution in [0.4, 0.5) is 5.69 Å². The van der Waals surface area contributed by atoms with E-state index in [2.05, 4.69) is 20.9 Å². The van der Waals surface area contributed by atoms with Gasteiger partial charge in [-0.15, -0.1) is 0 Å². The Morgan fingerprint density at radius 3 is 2.68 bits per heavy atom. The van der Waals surface area contributed by atoms with Gasteiger partial charge >= 0.3 is 5.97 Å². The molecule has 1 aliphatic rings. The highest BCUT2D eigenvalue weighted by molar-refractivity contribution is 9.10. The Morgan fingerprint density at radius 2 is 1.98 bits per heavy atom. The predicted octanol–water partition coefficient (Wildman–Crippen LogP) is 5.13. The van der Waals surface area contributed by atoms with Gasteiger partial charge < -0.3 is 13.9 Å². The number of fused-ring (bicyclic) bond motifs is 1. The van der Waals surface area contributed by atoms with Gasteiger partial charge in [0.05, 0.1) is 33.9 Å². The molecular weight excluding hydrogens is 614 g/mol. The number of hydrogen-bond acceptors (Lipinski definition) is 9. The first-order valence-electron chi connectivity index (χ1n) is 12.7. The normalized spacial score (nSPS) is 14.9. The number of halogens is 1. The molecule has 1 atom stereocenters. The second-order valence-corrected chi connectivity index (χ2v) is 10.8. The van der Waals surface area contributed by atoms with Crippen LogP contribution in [0.3, 0.4) is 0 Å². The molecule has 0 N–H and O–H groups in total. The van der Waals surface area contributed by atoms with E-state index < -0.39 is 16.9 Å². The molecule has 0 unspecified atom stereocenters. The molecule has 2 aromatic heterocycles. The van der Waals surface area contributed by atoms with Gasteiger partial charge in [0.2, 0.25) is 0 Å². The van der Waals surface area contributed by atoms with Crippen LogP contribution in [0.2, 0.25) is 0 Å². The minimum Gasteiger partial charge on any atom is -0.494 e. The summed E-state index contributed by atoms with van der Waals surface area (Å²) in [4.78, 5) is 42.7. The number of esters is 1. The number of ether oxygens (including phenoxy) is 2. The fourth-order valence-electron chi connectivity index (χ4n) is 4.60. The number of benzene rings is 2. The van der Waals surface area contributed by atoms with E-state index in [9.17, 15) is 19.7 Å². The lowest BCUT2D eigenvalue weighted by atomic mass is 9.95. The maximum absolute atomic E-state index is 13.9. The number of carbonyl (C=O) groups is 1. The molecule has 41 heavy (non-hydrogen) atoms. The number of nitro benzene ring substituents is 1. The predicted molar refractivity (Wildman–Crippen MR) is 157 cm³/mol. The molecule has 3 heterocycles. The summed E-state index contributed by atoms with van der Waals surface area (Å²) in [6, 6.07) is 14.3. The molecule has 12 heteroatoms. The quantitative estimate of drug-likeness (QED) is 0.149. The molecule has 0 spiro atoms. The Bertz CT molecular complexity index is 1890. The van der Waals surface area contributed by atoms with Crippen LogP contribution in [0, 0.1) is 10.1 Å². The zero-order valence-corrected chi connectivity index (χ0v) is 24.7. The van der Waals surface area contributed by atoms with Crippen molar-refractivity contribution in [2.24, 2.45) is 4.99 Å². The molecule has 0 amide bonds. The fourth-order valence-corrected chi connectivity index (χ4v) is 6.19. The van der Waals surface area contributed by atoms with Gasteiger partial charge in [-0.1, -0.05) is 29.5 Å². The number of thiazole rings is 1. The van der Waals surface area contributed by atoms with E-state index in [1.165, 1.54) is 28.0 Å². The molecule has 2 aromatic carbocycles. The molecule has 1 aliphatic heterocycles. The van der Waals surface area contributed by atoms with Gasteiger partial charge in [0, 0.05) is 33.8 Å². The van der Waals surface area contributed by atoms with Crippen molar-refractivity contribution < 1.29 is 23.6 Å². The van der Waals surface area contributed by atoms with Crippen molar-refractivity contribution >= 4 is 45.0 Å². The molecule has 0 fully saturated rings. The third-order valence-electron chi connectivity index (χ3n) is 6.36. The van der Waals surface area contributed by atoms with E-state index in [0.717, 1.165) is 0 Å². The van der Waals surface area contributed by atoms with E-state index >= 15 is 0 Å². The molecule has 4 aromatic rings. The highest BCUT2D eigenvalue weighted by Crippen LogP contribution is 2.36. The third-order valence-corrected chi connectivity index (χ3v) is 8.00. The summed E-state index contributed by atoms with van der Waals surface area (Å²) < 4.78 is 19.6. The van der Waals surface area contributed by atoms with Crippen LogP contribution < -0.4 is 19.6 Å². The third kappa shape index (κ3) is 5.40. The summed E-state index contributed by atoms with van der Waals surface area (Å²) in [6.45, 7) is 5.88. The number of aromatic nitrogens is 1. The molecule has 0 bridgehead atoms. The van der Waals surface area contributed by atoms with Crippen LogP contribution in [0.25, 0.3) is 17.4 Å². The smallest absolute Gasteiger partial charge is 0.338 e. The lowest BCUT2D eigenvalue weighted by Gasteiger charge is -2.26. The number of furan rings is 1. The number of nitrogens with zero attached hydrogens (tertiary/aromatic N) is 3. The summed E-state index contributed by atoms with van der Waals surface area (Å²) in [5.41, 5.74) is 1.58. The van der Waals surface area contributed by atoms with Crippen molar-refractivity contribution in [2.45, 2.75) is 26.8 Å². The highest BCUT2D eigenvalue weighted by Gasteiger charge is 2.35. The van der Waals surface area contributed by atoms with Gasteiger partial charge in [-0.05, 0) is 61.0 Å². The first-order valence-corrected chi connectivity index (χ1v) is 14.3. The number of allylic oxidation sites excluding steroid dienone is 1. The molecule has 10 nitrogen and oxygen atoms in total. The van der Waals surface area contributed by atoms with Crippen molar-refractivity contribution in [1.29, 1.82) is 0 Å². The summed E-state index contributed by atoms with van der Waals surface area (Å²) in [7, 11) is 0. The number of hydrogen-bond donors (Lipinski definition) is 0. The van der Waals surface area contributed by atoms with Gasteiger partial charge in [-0.25, -0.2) is 9.79 Å². The van der Waals surface area contributed by atoms with Crippen molar-refractivity contribution in [1.82, 2.24) is 4.57 Å². The standard InChI is InChI=1S/C29H24BrN3O7S/c1-4-38-22-9-7-6-8-20(22)26-25(28(35)39-5-2)16(3)31-29-32(26)27(34)24(41-29)15-18-11-13-23(40-18)19-12-10-17(33(36)37)14-21(19)30/h6-15,26H,4-5H2,1-3H3/b24-15-/t26-/m0/s1. The van der Waals surface area contributed by atoms with Crippen LogP contribution in [-0.4, -0.2) is 28.7 Å². The lowest BCUT2D eigenvalue weighted by Crippen LogP contribution is -2.40. The zero-order chi connectivity index (χ0) is 29.3. The molecule has 210 valence electrons. The van der Waals surface area contributed by atoms with Crippen LogP contribution in [0.1, 0.15) is 38.1 Å². The van der Waals surface area contributed by atoms with E-state index in [1.54, 1.807) is 44.2 Å². The summed E-state index contributed by atoms with van der Waals surface area (Å²) in [6.07, 6.45) is 1.61. The molecule has 0 radical (unpaired) electrons. The van der Waals surface area contributed by atoms with Gasteiger partial charge in [0.25, 0.3) is 11.2 Å². The van der Waals surface area contributed by atoms with Crippen molar-refractivity contribution in [2.75, 3.05) is 13.2 Å². The van der Waals surface area contributed by atoms with E-state index in [-0.39, 0.29) is 23.4 Å². The van der Waals surface area contributed by atoms with Crippen molar-refractivity contribution in [3.05, 3.63) is 111 Å². The number of rotatable bonds is 8. The summed E-state index contributed by atoms with van der Waals surface area (Å²) in [5.74, 6) is 0.872. The molecule has 0 saturated heterocycles. The van der Waals surface area contributed by atoms with Crippen LogP contribution in [-0.2, 0) is 9.53 Å². The van der Waals surface area contributed by atoms with E-state index in [0.29, 0.717) is 54.5 Å². The maximum Gasteiger partial charge on any atom is 0.338 e. The summed E-state index contributed by atoms with van der Waals surface area (Å²) in [5, 5.41) is 11.1. The van der Waals surface area contributed by atoms with Crippen molar-refractivity contribution in [3.63, 3.8) is 0 Å². The number of carbonyl (C=O) groups excluding carboxylic acids is 1. The van der Waals surface area contributed by atoms with Gasteiger partial charge in [0.15, 0.2) is 4.80 Å². The number of nitro groups is 1. The lowest BCUT2D eigenvalue weighted by molar-refractivity contribution is -0.384. The average Bonchev–Trinajstić information content (AvgIpc) is 3.52. The first kappa shape index (κ1) is 28.2. The van der Waals surface area contributed by atoms with Gasteiger partial charge in [-0.3, -0.25) is 19.5 Å². The molecule has 5 rings (SSSR count). The summed E-state index contributed by atoms with van der Waals surface area (Å²) >= 11 is 4.54. The topological polar surface area (TPSA) is 126 Å². The second-order valence-electron chi connectivity index (χ2n) is 8.90. The second kappa shape index (κ2) is 11.7. The highest BCUT2D eigenvalue weighted by atomic mass is 79.9. The van der Waals surface area contributed by atoms with Crippen molar-refractivity contribution in [3.8, 4) is 17.1 Å². The van der Waals surface area contributed by atoms with Gasteiger partial charge in [0.1, 0.15) is 23.3 Å². The first-order chi connectivity index (χ1) is 19.7. The molecule has 0 saturated carbocycles. The molecule has 0 aliphatic carbocycles. The van der Waals surface area contributed by atoms with Gasteiger partial charge in [-0.2, -0.15) is 0 Å². The Labute approximate surface area is 246 Å². The maximum atomic E-state index is 13.9. The van der Waals surface area contributed by atoms with Crippen LogP contribution in [0.15, 0.2) is 84.5 Å². The van der Waals surface area contributed by atoms with E-state index in [1.807, 2.05) is 25.1 Å². The Hall–Kier alpha value is -4.29. The minimum atomic E-state index is -0.807.